The van der Waals surface area contributed by atoms with E-state index in [4.69, 9.17) is 9.47 Å². The molecule has 0 aliphatic rings. The van der Waals surface area contributed by atoms with Gasteiger partial charge in [0.2, 0.25) is 0 Å². The van der Waals surface area contributed by atoms with Crippen LogP contribution in [0, 0.1) is 27.6 Å². The number of anilines is 1. The van der Waals surface area contributed by atoms with Crippen molar-refractivity contribution in [3.05, 3.63) is 64.0 Å². The van der Waals surface area contributed by atoms with Gasteiger partial charge in [-0.05, 0) is 25.1 Å². The van der Waals surface area contributed by atoms with E-state index in [0.717, 1.165) is 13.0 Å². The van der Waals surface area contributed by atoms with E-state index in [1.54, 1.807) is 0 Å². The fraction of sp³-hybridized carbons (Fsp3) is 0.176. The zero-order chi connectivity index (χ0) is 20.8. The molecule has 28 heavy (non-hydrogen) atoms. The standard InChI is InChI=1S/C17H13F3N2O6/c1-9(17(24)21-11-7-6-10(18)15(19)16(11)20)28-14(23)8-27-13-5-3-2-4-12(13)22(25)26/h2-7,9H,8H2,1H3,(H,21,24)/t9-/m0/s1. The molecule has 2 aromatic rings. The van der Waals surface area contributed by atoms with Crippen LogP contribution in [0.5, 0.6) is 5.75 Å². The van der Waals surface area contributed by atoms with Gasteiger partial charge in [0.25, 0.3) is 5.91 Å². The Kier molecular flexibility index (Phi) is 6.53. The summed E-state index contributed by atoms with van der Waals surface area (Å²) in [6.07, 6.45) is -1.44. The minimum absolute atomic E-state index is 0.176. The maximum Gasteiger partial charge on any atom is 0.344 e. The molecule has 0 aliphatic heterocycles. The van der Waals surface area contributed by atoms with Gasteiger partial charge in [0.15, 0.2) is 35.9 Å². The first kappa shape index (κ1) is 20.7. The number of esters is 1. The summed E-state index contributed by atoms with van der Waals surface area (Å²) in [6.45, 7) is 0.415. The summed E-state index contributed by atoms with van der Waals surface area (Å²) in [5, 5.41) is 12.8. The average molecular weight is 398 g/mol. The van der Waals surface area contributed by atoms with Crippen LogP contribution in [-0.4, -0.2) is 29.5 Å². The fourth-order valence-corrected chi connectivity index (χ4v) is 2.01. The number of amides is 1. The summed E-state index contributed by atoms with van der Waals surface area (Å²) in [5.74, 6) is -7.02. The lowest BCUT2D eigenvalue weighted by atomic mass is 10.2. The van der Waals surface area contributed by atoms with Gasteiger partial charge in [-0.1, -0.05) is 12.1 Å². The number of nitrogens with one attached hydrogen (secondary N) is 1. The van der Waals surface area contributed by atoms with Crippen molar-refractivity contribution in [2.75, 3.05) is 11.9 Å². The Bertz CT molecular complexity index is 922. The molecule has 11 heteroatoms. The van der Waals surface area contributed by atoms with E-state index in [1.165, 1.54) is 24.3 Å². The molecule has 1 N–H and O–H groups in total. The molecule has 1 amide bonds. The molecule has 0 fully saturated rings. The highest BCUT2D eigenvalue weighted by Crippen LogP contribution is 2.25. The maximum atomic E-state index is 13.5. The zero-order valence-corrected chi connectivity index (χ0v) is 14.3. The van der Waals surface area contributed by atoms with Crippen LogP contribution in [0.15, 0.2) is 36.4 Å². The number of rotatable bonds is 7. The quantitative estimate of drug-likeness (QED) is 0.333. The lowest BCUT2D eigenvalue weighted by molar-refractivity contribution is -0.385. The number of nitro groups is 1. The summed E-state index contributed by atoms with van der Waals surface area (Å²) >= 11 is 0. The van der Waals surface area contributed by atoms with Crippen LogP contribution in [0.25, 0.3) is 0 Å². The second-order valence-electron chi connectivity index (χ2n) is 5.36. The largest absolute Gasteiger partial charge is 0.475 e. The summed E-state index contributed by atoms with van der Waals surface area (Å²) in [5.41, 5.74) is -1.00. The third-order valence-corrected chi connectivity index (χ3v) is 3.38. The Labute approximate surface area is 156 Å². The Morgan fingerprint density at radius 3 is 2.50 bits per heavy atom. The molecule has 148 valence electrons. The summed E-state index contributed by atoms with van der Waals surface area (Å²) in [7, 11) is 0. The number of carbonyl (C=O) groups excluding carboxylic acids is 2. The molecule has 0 unspecified atom stereocenters. The molecule has 0 radical (unpaired) electrons. The highest BCUT2D eigenvalue weighted by atomic mass is 19.2. The fourth-order valence-electron chi connectivity index (χ4n) is 2.01. The van der Waals surface area contributed by atoms with Gasteiger partial charge in [-0.15, -0.1) is 0 Å². The molecular weight excluding hydrogens is 385 g/mol. The van der Waals surface area contributed by atoms with Crippen LogP contribution in [0.4, 0.5) is 24.5 Å². The van der Waals surface area contributed by atoms with Crippen molar-refractivity contribution >= 4 is 23.3 Å². The number of hydrogen-bond donors (Lipinski definition) is 1. The molecule has 0 saturated heterocycles. The number of benzene rings is 2. The number of carbonyl (C=O) groups is 2. The van der Waals surface area contributed by atoms with Crippen LogP contribution < -0.4 is 10.1 Å². The van der Waals surface area contributed by atoms with E-state index < -0.39 is 52.6 Å². The lowest BCUT2D eigenvalue weighted by Crippen LogP contribution is -2.32. The van der Waals surface area contributed by atoms with Crippen LogP contribution >= 0.6 is 0 Å². The first-order valence-corrected chi connectivity index (χ1v) is 7.70. The maximum absolute atomic E-state index is 13.5. The van der Waals surface area contributed by atoms with E-state index in [-0.39, 0.29) is 11.4 Å². The van der Waals surface area contributed by atoms with Crippen molar-refractivity contribution < 1.29 is 37.2 Å². The van der Waals surface area contributed by atoms with Crippen molar-refractivity contribution in [1.82, 2.24) is 0 Å². The minimum Gasteiger partial charge on any atom is -0.475 e. The summed E-state index contributed by atoms with van der Waals surface area (Å²) in [4.78, 5) is 33.8. The zero-order valence-electron chi connectivity index (χ0n) is 14.3. The second-order valence-corrected chi connectivity index (χ2v) is 5.36. The Morgan fingerprint density at radius 2 is 1.82 bits per heavy atom. The lowest BCUT2D eigenvalue weighted by Gasteiger charge is -2.14. The molecule has 2 aromatic carbocycles. The summed E-state index contributed by atoms with van der Waals surface area (Å²) < 4.78 is 49.4. The normalized spacial score (nSPS) is 11.4. The summed E-state index contributed by atoms with van der Waals surface area (Å²) in [6, 6.07) is 6.73. The van der Waals surface area contributed by atoms with Crippen molar-refractivity contribution in [2.24, 2.45) is 0 Å². The van der Waals surface area contributed by atoms with Gasteiger partial charge in [0, 0.05) is 6.07 Å². The predicted molar refractivity (Wildman–Crippen MR) is 89.1 cm³/mol. The SMILES string of the molecule is C[C@H](OC(=O)COc1ccccc1[N+](=O)[O-])C(=O)Nc1ccc(F)c(F)c1F. The van der Waals surface area contributed by atoms with Gasteiger partial charge in [0.05, 0.1) is 10.6 Å². The van der Waals surface area contributed by atoms with E-state index in [2.05, 4.69) is 0 Å². The Morgan fingerprint density at radius 1 is 1.14 bits per heavy atom. The highest BCUT2D eigenvalue weighted by Gasteiger charge is 2.22. The van der Waals surface area contributed by atoms with Gasteiger partial charge in [-0.2, -0.15) is 0 Å². The van der Waals surface area contributed by atoms with Crippen LogP contribution in [0.2, 0.25) is 0 Å². The van der Waals surface area contributed by atoms with Crippen LogP contribution in [0.3, 0.4) is 0 Å². The molecule has 0 bridgehead atoms. The van der Waals surface area contributed by atoms with E-state index in [1.807, 2.05) is 5.32 Å². The molecule has 0 saturated carbocycles. The number of hydrogen-bond acceptors (Lipinski definition) is 6. The smallest absolute Gasteiger partial charge is 0.344 e. The van der Waals surface area contributed by atoms with Crippen molar-refractivity contribution in [3.8, 4) is 5.75 Å². The molecule has 0 spiro atoms. The van der Waals surface area contributed by atoms with Gasteiger partial charge >= 0.3 is 11.7 Å². The third kappa shape index (κ3) is 4.96. The molecule has 1 atom stereocenters. The van der Waals surface area contributed by atoms with Gasteiger partial charge in [-0.25, -0.2) is 18.0 Å². The Balaban J connectivity index is 1.93. The number of para-hydroxylation sites is 2. The molecular formula is C17H13F3N2O6. The Hall–Kier alpha value is -3.63. The van der Waals surface area contributed by atoms with Gasteiger partial charge < -0.3 is 14.8 Å². The van der Waals surface area contributed by atoms with E-state index in [9.17, 15) is 32.9 Å². The van der Waals surface area contributed by atoms with Crippen molar-refractivity contribution in [3.63, 3.8) is 0 Å². The predicted octanol–water partition coefficient (Wildman–Crippen LogP) is 2.96. The number of halogens is 3. The molecule has 2 rings (SSSR count). The monoisotopic (exact) mass is 398 g/mol. The average Bonchev–Trinajstić information content (AvgIpc) is 2.66. The molecule has 0 heterocycles. The van der Waals surface area contributed by atoms with Crippen LogP contribution in [0.1, 0.15) is 6.92 Å². The van der Waals surface area contributed by atoms with E-state index >= 15 is 0 Å². The number of ether oxygens (including phenoxy) is 2. The first-order valence-electron chi connectivity index (χ1n) is 7.70. The van der Waals surface area contributed by atoms with Crippen molar-refractivity contribution in [2.45, 2.75) is 13.0 Å². The number of nitro benzene ring substituents is 1. The van der Waals surface area contributed by atoms with Crippen molar-refractivity contribution in [1.29, 1.82) is 0 Å². The highest BCUT2D eigenvalue weighted by molar-refractivity contribution is 5.95. The first-order chi connectivity index (χ1) is 13.2. The van der Waals surface area contributed by atoms with Gasteiger partial charge in [0.1, 0.15) is 0 Å². The topological polar surface area (TPSA) is 108 Å². The van der Waals surface area contributed by atoms with E-state index in [0.29, 0.717) is 6.07 Å². The third-order valence-electron chi connectivity index (χ3n) is 3.38. The molecule has 0 aliphatic carbocycles. The van der Waals surface area contributed by atoms with Gasteiger partial charge in [-0.3, -0.25) is 14.9 Å². The molecule has 8 nitrogen and oxygen atoms in total. The molecule has 0 aromatic heterocycles. The van der Waals surface area contributed by atoms with Crippen LogP contribution in [-0.2, 0) is 14.3 Å². The minimum atomic E-state index is -1.76. The second kappa shape index (κ2) is 8.84. The number of nitrogens with zero attached hydrogens (tertiary/aromatic N) is 1.